The number of pyridine rings is 1. The van der Waals surface area contributed by atoms with Crippen LogP contribution in [0.2, 0.25) is 0 Å². The van der Waals surface area contributed by atoms with Crippen molar-refractivity contribution in [2.45, 2.75) is 12.7 Å². The minimum absolute atomic E-state index is 0.697. The predicted octanol–water partition coefficient (Wildman–Crippen LogP) is 0.678. The van der Waals surface area contributed by atoms with Gasteiger partial charge in [0.15, 0.2) is 0 Å². The van der Waals surface area contributed by atoms with E-state index in [9.17, 15) is 13.2 Å². The maximum atomic E-state index is 10.6. The maximum absolute atomic E-state index is 10.6. The SMILES string of the molecule is NNCc1ccncc1.O=C(O)C(F)(F)F. The number of aromatic nitrogens is 1. The van der Waals surface area contributed by atoms with E-state index in [1.165, 1.54) is 0 Å². The average Bonchev–Trinajstić information content (AvgIpc) is 2.19. The van der Waals surface area contributed by atoms with E-state index >= 15 is 0 Å². The molecule has 1 heterocycles. The Bertz CT molecular complexity index is 316. The Balaban J connectivity index is 0.000000293. The standard InChI is InChI=1S/C6H9N3.C2HF3O2/c7-9-5-6-1-3-8-4-2-6;3-2(4,5)1(6)7/h1-4,9H,5,7H2;(H,6,7). The van der Waals surface area contributed by atoms with Crippen LogP contribution in [0.4, 0.5) is 13.2 Å². The average molecular weight is 237 g/mol. The molecule has 5 nitrogen and oxygen atoms in total. The third-order valence-corrected chi connectivity index (χ3v) is 1.30. The Morgan fingerprint density at radius 3 is 2.19 bits per heavy atom. The molecule has 90 valence electrons. The van der Waals surface area contributed by atoms with Gasteiger partial charge in [-0.15, -0.1) is 0 Å². The molecular weight excluding hydrogens is 227 g/mol. The van der Waals surface area contributed by atoms with E-state index in [1.54, 1.807) is 12.4 Å². The fraction of sp³-hybridized carbons (Fsp3) is 0.250. The highest BCUT2D eigenvalue weighted by molar-refractivity contribution is 5.73. The summed E-state index contributed by atoms with van der Waals surface area (Å²) < 4.78 is 31.7. The number of carboxylic acids is 1. The Kier molecular flexibility index (Phi) is 6.04. The highest BCUT2D eigenvalue weighted by atomic mass is 19.4. The molecule has 1 rings (SSSR count). The summed E-state index contributed by atoms with van der Waals surface area (Å²) >= 11 is 0. The normalized spacial score (nSPS) is 10.2. The van der Waals surface area contributed by atoms with Crippen molar-refractivity contribution in [1.82, 2.24) is 10.4 Å². The number of hydrogen-bond acceptors (Lipinski definition) is 4. The van der Waals surface area contributed by atoms with Crippen molar-refractivity contribution >= 4 is 5.97 Å². The van der Waals surface area contributed by atoms with Gasteiger partial charge < -0.3 is 5.11 Å². The van der Waals surface area contributed by atoms with Crippen molar-refractivity contribution < 1.29 is 23.1 Å². The first-order valence-corrected chi connectivity index (χ1v) is 4.00. The van der Waals surface area contributed by atoms with E-state index < -0.39 is 12.1 Å². The van der Waals surface area contributed by atoms with Crippen LogP contribution in [0, 0.1) is 0 Å². The smallest absolute Gasteiger partial charge is 0.475 e. The number of rotatable bonds is 2. The molecule has 0 fully saturated rings. The van der Waals surface area contributed by atoms with Crippen molar-refractivity contribution in [2.75, 3.05) is 0 Å². The summed E-state index contributed by atoms with van der Waals surface area (Å²) in [5, 5.41) is 7.12. The van der Waals surface area contributed by atoms with Gasteiger partial charge in [-0.25, -0.2) is 4.79 Å². The van der Waals surface area contributed by atoms with Crippen LogP contribution in [0.5, 0.6) is 0 Å². The van der Waals surface area contributed by atoms with Gasteiger partial charge in [-0.2, -0.15) is 13.2 Å². The summed E-state index contributed by atoms with van der Waals surface area (Å²) in [6.45, 7) is 0.697. The molecule has 8 heteroatoms. The molecule has 0 unspecified atom stereocenters. The van der Waals surface area contributed by atoms with Crippen LogP contribution in [-0.4, -0.2) is 22.2 Å². The lowest BCUT2D eigenvalue weighted by molar-refractivity contribution is -0.192. The van der Waals surface area contributed by atoms with Crippen molar-refractivity contribution in [3.63, 3.8) is 0 Å². The van der Waals surface area contributed by atoms with Crippen molar-refractivity contribution in [3.05, 3.63) is 30.1 Å². The highest BCUT2D eigenvalue weighted by Crippen LogP contribution is 2.13. The number of hydrogen-bond donors (Lipinski definition) is 3. The second-order valence-electron chi connectivity index (χ2n) is 2.54. The summed E-state index contributed by atoms with van der Waals surface area (Å²) in [6, 6.07) is 3.83. The zero-order chi connectivity index (χ0) is 12.6. The Morgan fingerprint density at radius 1 is 1.44 bits per heavy atom. The largest absolute Gasteiger partial charge is 0.490 e. The number of carbonyl (C=O) groups is 1. The number of halogens is 3. The quantitative estimate of drug-likeness (QED) is 0.520. The second kappa shape index (κ2) is 6.75. The zero-order valence-electron chi connectivity index (χ0n) is 8.03. The van der Waals surface area contributed by atoms with Crippen LogP contribution in [0.15, 0.2) is 24.5 Å². The predicted molar refractivity (Wildman–Crippen MR) is 49.0 cm³/mol. The lowest BCUT2D eigenvalue weighted by Gasteiger charge is -1.95. The van der Waals surface area contributed by atoms with Gasteiger partial charge in [-0.3, -0.25) is 16.3 Å². The van der Waals surface area contributed by atoms with E-state index in [2.05, 4.69) is 10.4 Å². The molecule has 0 aromatic carbocycles. The van der Waals surface area contributed by atoms with Crippen LogP contribution in [0.1, 0.15) is 5.56 Å². The van der Waals surface area contributed by atoms with E-state index in [4.69, 9.17) is 15.7 Å². The van der Waals surface area contributed by atoms with E-state index in [-0.39, 0.29) is 0 Å². The van der Waals surface area contributed by atoms with Crippen LogP contribution < -0.4 is 11.3 Å². The van der Waals surface area contributed by atoms with Crippen LogP contribution in [0.25, 0.3) is 0 Å². The number of nitrogens with two attached hydrogens (primary N) is 1. The summed E-state index contributed by atoms with van der Waals surface area (Å²) in [7, 11) is 0. The van der Waals surface area contributed by atoms with Gasteiger partial charge in [0, 0.05) is 18.9 Å². The molecule has 0 aliphatic heterocycles. The van der Waals surface area contributed by atoms with Gasteiger partial charge >= 0.3 is 12.1 Å². The summed E-state index contributed by atoms with van der Waals surface area (Å²) in [6.07, 6.45) is -1.60. The van der Waals surface area contributed by atoms with E-state index in [0.717, 1.165) is 5.56 Å². The molecule has 0 aliphatic rings. The first kappa shape index (κ1) is 14.3. The number of aliphatic carboxylic acids is 1. The third-order valence-electron chi connectivity index (χ3n) is 1.30. The van der Waals surface area contributed by atoms with E-state index in [0.29, 0.717) is 6.54 Å². The summed E-state index contributed by atoms with van der Waals surface area (Å²) in [4.78, 5) is 12.8. The summed E-state index contributed by atoms with van der Waals surface area (Å²) in [5.41, 5.74) is 3.70. The van der Waals surface area contributed by atoms with Crippen LogP contribution in [0.3, 0.4) is 0 Å². The fourth-order valence-corrected chi connectivity index (χ4v) is 0.618. The van der Waals surface area contributed by atoms with E-state index in [1.807, 2.05) is 12.1 Å². The van der Waals surface area contributed by atoms with Gasteiger partial charge in [-0.05, 0) is 17.7 Å². The lowest BCUT2D eigenvalue weighted by atomic mass is 10.3. The lowest BCUT2D eigenvalue weighted by Crippen LogP contribution is -2.21. The van der Waals surface area contributed by atoms with Crippen molar-refractivity contribution in [1.29, 1.82) is 0 Å². The van der Waals surface area contributed by atoms with Crippen LogP contribution >= 0.6 is 0 Å². The molecule has 0 saturated carbocycles. The molecule has 0 amide bonds. The topological polar surface area (TPSA) is 88.2 Å². The fourth-order valence-electron chi connectivity index (χ4n) is 0.618. The molecule has 0 radical (unpaired) electrons. The van der Waals surface area contributed by atoms with Gasteiger partial charge in [-0.1, -0.05) is 0 Å². The molecule has 0 atom stereocenters. The second-order valence-corrected chi connectivity index (χ2v) is 2.54. The van der Waals surface area contributed by atoms with Crippen LogP contribution in [-0.2, 0) is 11.3 Å². The minimum Gasteiger partial charge on any atom is -0.475 e. The molecule has 0 bridgehead atoms. The highest BCUT2D eigenvalue weighted by Gasteiger charge is 2.38. The van der Waals surface area contributed by atoms with Gasteiger partial charge in [0.05, 0.1) is 0 Å². The third kappa shape index (κ3) is 6.74. The molecule has 0 saturated heterocycles. The Labute approximate surface area is 89.1 Å². The molecule has 0 aliphatic carbocycles. The van der Waals surface area contributed by atoms with Gasteiger partial charge in [0.2, 0.25) is 0 Å². The first-order chi connectivity index (χ1) is 7.38. The molecular formula is C8H10F3N3O2. The van der Waals surface area contributed by atoms with Crippen molar-refractivity contribution in [3.8, 4) is 0 Å². The molecule has 1 aromatic rings. The Morgan fingerprint density at radius 2 is 1.88 bits per heavy atom. The Hall–Kier alpha value is -1.67. The first-order valence-electron chi connectivity index (χ1n) is 4.00. The molecule has 4 N–H and O–H groups in total. The molecule has 0 spiro atoms. The maximum Gasteiger partial charge on any atom is 0.490 e. The number of carboxylic acid groups (broad SMARTS) is 1. The molecule has 1 aromatic heterocycles. The monoisotopic (exact) mass is 237 g/mol. The van der Waals surface area contributed by atoms with Gasteiger partial charge in [0.1, 0.15) is 0 Å². The minimum atomic E-state index is -5.08. The van der Waals surface area contributed by atoms with Gasteiger partial charge in [0.25, 0.3) is 0 Å². The number of alkyl halides is 3. The zero-order valence-corrected chi connectivity index (χ0v) is 8.03. The number of nitrogens with one attached hydrogen (secondary N) is 1. The van der Waals surface area contributed by atoms with Crippen molar-refractivity contribution in [2.24, 2.45) is 5.84 Å². The number of nitrogens with zero attached hydrogens (tertiary/aromatic N) is 1. The molecule has 16 heavy (non-hydrogen) atoms. The number of hydrazine groups is 1. The summed E-state index contributed by atoms with van der Waals surface area (Å²) in [5.74, 6) is 2.33.